The predicted molar refractivity (Wildman–Crippen MR) is 274 cm³/mol. The quantitative estimate of drug-likeness (QED) is 0.219. The molecule has 6 nitrogen and oxygen atoms in total. The van der Waals surface area contributed by atoms with Gasteiger partial charge < -0.3 is 26.1 Å². The van der Waals surface area contributed by atoms with E-state index in [9.17, 15) is 0 Å². The normalized spacial score (nSPS) is 16.6. The van der Waals surface area contributed by atoms with Crippen molar-refractivity contribution in [2.24, 2.45) is 21.7 Å². The molecule has 0 aliphatic carbocycles. The van der Waals surface area contributed by atoms with Gasteiger partial charge in [-0.25, -0.2) is 0 Å². The second-order valence-electron chi connectivity index (χ2n) is 25.5. The van der Waals surface area contributed by atoms with Crippen LogP contribution in [0.25, 0.3) is 0 Å². The third-order valence-electron chi connectivity index (χ3n) is 9.51. The summed E-state index contributed by atoms with van der Waals surface area (Å²) in [6, 6.07) is 18.3. The number of rotatable bonds is 10. The van der Waals surface area contributed by atoms with E-state index in [4.69, 9.17) is 0 Å². The van der Waals surface area contributed by atoms with Crippen LogP contribution in [0.3, 0.4) is 0 Å². The minimum Gasteiger partial charge on any atom is -0.366 e. The Morgan fingerprint density at radius 1 is 0.368 bits per heavy atom. The summed E-state index contributed by atoms with van der Waals surface area (Å²) in [6.45, 7) is 63.7. The third kappa shape index (κ3) is 14.4. The number of fused-ring (bicyclic) bond motifs is 2. The molecule has 0 aromatic heterocycles. The summed E-state index contributed by atoms with van der Waals surface area (Å²) in [6.07, 6.45) is 0. The van der Waals surface area contributed by atoms with E-state index in [1.54, 1.807) is 0 Å². The zero-order valence-corrected chi connectivity index (χ0v) is 50.5. The van der Waals surface area contributed by atoms with Crippen LogP contribution in [0.15, 0.2) is 48.5 Å². The van der Waals surface area contributed by atoms with Crippen molar-refractivity contribution in [2.45, 2.75) is 162 Å². The molecule has 2 aliphatic rings. The molecule has 0 spiro atoms. The molecule has 57 heavy (non-hydrogen) atoms. The summed E-state index contributed by atoms with van der Waals surface area (Å²) in [5, 5.41) is 0. The van der Waals surface area contributed by atoms with Gasteiger partial charge in [-0.05, 0) is 45.9 Å². The summed E-state index contributed by atoms with van der Waals surface area (Å²) in [5.74, 6) is 0. The van der Waals surface area contributed by atoms with Crippen molar-refractivity contribution in [2.75, 3.05) is 44.4 Å². The summed E-state index contributed by atoms with van der Waals surface area (Å²) in [4.78, 5) is 0. The second kappa shape index (κ2) is 18.2. The SMILES string of the molecule is CC(C)(C)CN1c2ccccc2N(CC(C)(C)C)[Si]1N([Si](C)(C)C)[Si](C)(C)C.CC(C)(C)CN1c2ccccc2N(CC(C)(C)C)[Si]1N([Si](C)(C)C)[Si](C)(C)C.[Sn]. The van der Waals surface area contributed by atoms with E-state index in [0.717, 1.165) is 26.2 Å². The summed E-state index contributed by atoms with van der Waals surface area (Å²) >= 11 is 0. The molecule has 2 aromatic carbocycles. The molecule has 2 heterocycles. The largest absolute Gasteiger partial charge is 0.385 e. The number of benzene rings is 2. The summed E-state index contributed by atoms with van der Waals surface area (Å²) in [7, 11) is -8.10. The molecule has 0 bridgehead atoms. The molecule has 0 N–H and O–H groups in total. The van der Waals surface area contributed by atoms with Crippen molar-refractivity contribution in [1.82, 2.24) is 7.79 Å². The Hall–Kier alpha value is -0.340. The molecule has 6 radical (unpaired) electrons. The van der Waals surface area contributed by atoms with Gasteiger partial charge >= 0.3 is 18.6 Å². The molecule has 0 saturated carbocycles. The smallest absolute Gasteiger partial charge is 0.366 e. The van der Waals surface area contributed by atoms with Crippen molar-refractivity contribution < 1.29 is 0 Å². The molecular formula is C44H88N6Si6Sn. The van der Waals surface area contributed by atoms with Crippen molar-refractivity contribution in [3.63, 3.8) is 0 Å². The summed E-state index contributed by atoms with van der Waals surface area (Å²) in [5.41, 5.74) is 6.90. The van der Waals surface area contributed by atoms with Gasteiger partial charge in [-0.2, -0.15) is 0 Å². The molecule has 2 aromatic rings. The van der Waals surface area contributed by atoms with Crippen LogP contribution in [0.1, 0.15) is 83.1 Å². The maximum absolute atomic E-state index is 3.09. The van der Waals surface area contributed by atoms with Gasteiger partial charge in [-0.1, -0.05) is 186 Å². The Bertz CT molecular complexity index is 1370. The van der Waals surface area contributed by atoms with Gasteiger partial charge in [0.1, 0.15) is 32.9 Å². The van der Waals surface area contributed by atoms with E-state index in [1.165, 1.54) is 22.7 Å². The van der Waals surface area contributed by atoms with E-state index in [0.29, 0.717) is 0 Å². The maximum atomic E-state index is 3.09. The molecule has 4 rings (SSSR count). The first kappa shape index (κ1) is 52.8. The summed E-state index contributed by atoms with van der Waals surface area (Å²) < 4.78 is 17.5. The standard InChI is InChI=1S/2C22H44N3Si3.Sn/c2*1-21(2,3)17-23-19-15-13-14-16-20(19)24(18-22(4,5)6)26(23)25(27(7,8)9)28(10,11)12;/h2*13-16H,17-18H2,1-12H3;. The van der Waals surface area contributed by atoms with E-state index >= 15 is 0 Å². The fourth-order valence-electron chi connectivity index (χ4n) is 8.78. The van der Waals surface area contributed by atoms with Crippen molar-refractivity contribution in [1.29, 1.82) is 0 Å². The van der Waals surface area contributed by atoms with Gasteiger partial charge in [0.25, 0.3) is 0 Å². The van der Waals surface area contributed by atoms with Crippen molar-refractivity contribution in [3.05, 3.63) is 48.5 Å². The van der Waals surface area contributed by atoms with E-state index in [2.05, 4.69) is 236 Å². The molecule has 0 saturated heterocycles. The van der Waals surface area contributed by atoms with Crippen LogP contribution in [-0.2, 0) is 0 Å². The average Bonchev–Trinajstić information content (AvgIpc) is 3.35. The Morgan fingerprint density at radius 3 is 0.649 bits per heavy atom. The predicted octanol–water partition coefficient (Wildman–Crippen LogP) is 12.3. The first-order valence-corrected chi connectivity index (χ1v) is 37.9. The first-order chi connectivity index (χ1) is 24.8. The number of para-hydroxylation sites is 4. The zero-order chi connectivity index (χ0) is 43.4. The third-order valence-corrected chi connectivity index (χ3v) is 37.7. The van der Waals surface area contributed by atoms with Gasteiger partial charge in [0.2, 0.25) is 0 Å². The van der Waals surface area contributed by atoms with Crippen LogP contribution in [0, 0.1) is 21.7 Å². The van der Waals surface area contributed by atoms with Gasteiger partial charge in [0.05, 0.1) is 22.7 Å². The molecule has 0 atom stereocenters. The van der Waals surface area contributed by atoms with Crippen LogP contribution >= 0.6 is 0 Å². The van der Waals surface area contributed by atoms with E-state index in [-0.39, 0.29) is 45.6 Å². The number of nitrogens with zero attached hydrogens (tertiary/aromatic N) is 6. The first-order valence-electron chi connectivity index (χ1n) is 21.5. The fourth-order valence-corrected chi connectivity index (χ4v) is 43.0. The van der Waals surface area contributed by atoms with Gasteiger partial charge in [-0.3, -0.25) is 0 Å². The number of hydrogen-bond donors (Lipinski definition) is 0. The maximum Gasteiger partial charge on any atom is 0.385 e. The second-order valence-corrected chi connectivity index (χ2v) is 51.6. The van der Waals surface area contributed by atoms with Crippen LogP contribution in [0.5, 0.6) is 0 Å². The fraction of sp³-hybridized carbons (Fsp3) is 0.727. The van der Waals surface area contributed by atoms with Gasteiger partial charge in [-0.15, -0.1) is 0 Å². The average molecular weight is 988 g/mol. The molecule has 0 amide bonds. The Balaban J connectivity index is 0.000000387. The zero-order valence-electron chi connectivity index (χ0n) is 41.6. The number of anilines is 4. The topological polar surface area (TPSA) is 19.4 Å². The van der Waals surface area contributed by atoms with E-state index in [1.807, 2.05) is 0 Å². The molecule has 0 fully saturated rings. The van der Waals surface area contributed by atoms with Crippen LogP contribution in [0.2, 0.25) is 78.6 Å². The van der Waals surface area contributed by atoms with Crippen molar-refractivity contribution >= 4 is 98.2 Å². The molecule has 13 heteroatoms. The van der Waals surface area contributed by atoms with Crippen LogP contribution < -0.4 is 18.3 Å². The number of hydrogen-bond acceptors (Lipinski definition) is 6. The Kier molecular flexibility index (Phi) is 16.8. The monoisotopic (exact) mass is 988 g/mol. The van der Waals surface area contributed by atoms with Crippen LogP contribution in [-0.4, -0.2) is 109 Å². The Morgan fingerprint density at radius 2 is 0.526 bits per heavy atom. The van der Waals surface area contributed by atoms with Crippen LogP contribution in [0.4, 0.5) is 22.7 Å². The minimum absolute atomic E-state index is 0. The molecule has 2 aliphatic heterocycles. The van der Waals surface area contributed by atoms with E-state index < -0.39 is 51.5 Å². The molecular weight excluding hydrogens is 900 g/mol. The minimum atomic E-state index is -1.50. The van der Waals surface area contributed by atoms with Gasteiger partial charge in [0, 0.05) is 50.1 Å². The molecule has 0 unspecified atom stereocenters. The van der Waals surface area contributed by atoms with Crippen molar-refractivity contribution in [3.8, 4) is 0 Å². The Labute approximate surface area is 379 Å². The van der Waals surface area contributed by atoms with Gasteiger partial charge in [0.15, 0.2) is 0 Å². The molecule has 322 valence electrons.